The first-order valence-electron chi connectivity index (χ1n) is 4.83. The largest absolute Gasteiger partial charge is 0.454 e. The molecule has 0 bridgehead atoms. The molecular formula is C10H8ClF3N2O3. The zero-order chi connectivity index (χ0) is 14.6. The fourth-order valence-corrected chi connectivity index (χ4v) is 1.40. The van der Waals surface area contributed by atoms with E-state index in [1.54, 1.807) is 0 Å². The van der Waals surface area contributed by atoms with E-state index in [1.165, 1.54) is 11.5 Å². The number of anilines is 1. The number of alkyl halides is 3. The molecule has 0 aliphatic carbocycles. The second kappa shape index (κ2) is 6.00. The number of nitrogens with one attached hydrogen (secondary N) is 2. The molecule has 1 aromatic rings. The summed E-state index contributed by atoms with van der Waals surface area (Å²) in [6.45, 7) is -0.539. The van der Waals surface area contributed by atoms with Gasteiger partial charge in [-0.2, -0.15) is 18.7 Å². The molecule has 1 aromatic carbocycles. The summed E-state index contributed by atoms with van der Waals surface area (Å²) in [5.74, 6) is -2.94. The average molecular weight is 297 g/mol. The van der Waals surface area contributed by atoms with Crippen LogP contribution in [0.4, 0.5) is 18.9 Å². The van der Waals surface area contributed by atoms with Crippen molar-refractivity contribution in [1.82, 2.24) is 5.48 Å². The summed E-state index contributed by atoms with van der Waals surface area (Å²) in [5, 5.41) is 10.3. The number of hydrogen-bond donors (Lipinski definition) is 3. The second-order valence-corrected chi connectivity index (χ2v) is 3.84. The number of Topliss-reactive ketones (excluding diaryl/α,β-unsaturated/α-hetero) is 1. The maximum Gasteiger partial charge on any atom is 0.454 e. The molecule has 19 heavy (non-hydrogen) atoms. The molecule has 0 saturated heterocycles. The molecule has 0 unspecified atom stereocenters. The van der Waals surface area contributed by atoms with Crippen molar-refractivity contribution in [3.05, 3.63) is 28.8 Å². The standard InChI is InChI=1S/C10H8ClF3N2O3/c11-5-1-2-7(16-8(17)4-15-19)6(3-5)9(18)10(12,13)14/h1-3,15,19H,4H2,(H,16,17). The summed E-state index contributed by atoms with van der Waals surface area (Å²) in [4.78, 5) is 22.3. The molecule has 0 spiro atoms. The molecule has 0 radical (unpaired) electrons. The fourth-order valence-electron chi connectivity index (χ4n) is 1.23. The van der Waals surface area contributed by atoms with Gasteiger partial charge >= 0.3 is 6.18 Å². The van der Waals surface area contributed by atoms with Crippen LogP contribution in [-0.4, -0.2) is 29.6 Å². The first-order valence-corrected chi connectivity index (χ1v) is 5.21. The van der Waals surface area contributed by atoms with E-state index in [1.807, 2.05) is 0 Å². The quantitative estimate of drug-likeness (QED) is 0.586. The average Bonchev–Trinajstić information content (AvgIpc) is 2.29. The summed E-state index contributed by atoms with van der Waals surface area (Å²) in [6.07, 6.45) is -5.08. The van der Waals surface area contributed by atoms with Crippen molar-refractivity contribution in [3.63, 3.8) is 0 Å². The second-order valence-electron chi connectivity index (χ2n) is 3.40. The number of hydroxylamine groups is 1. The Balaban J connectivity index is 3.12. The molecule has 5 nitrogen and oxygen atoms in total. The monoisotopic (exact) mass is 296 g/mol. The summed E-state index contributed by atoms with van der Waals surface area (Å²) in [6, 6.07) is 3.09. The Kier molecular flexibility index (Phi) is 4.87. The van der Waals surface area contributed by atoms with Crippen LogP contribution in [0.5, 0.6) is 0 Å². The highest BCUT2D eigenvalue weighted by atomic mass is 35.5. The summed E-state index contributed by atoms with van der Waals surface area (Å²) >= 11 is 5.52. The van der Waals surface area contributed by atoms with E-state index in [9.17, 15) is 22.8 Å². The predicted octanol–water partition coefficient (Wildman–Crippen LogP) is 2.00. The van der Waals surface area contributed by atoms with Crippen molar-refractivity contribution in [1.29, 1.82) is 0 Å². The number of carbonyl (C=O) groups excluding carboxylic acids is 2. The minimum Gasteiger partial charge on any atom is -0.324 e. The minimum absolute atomic E-state index is 0.0779. The summed E-state index contributed by atoms with van der Waals surface area (Å²) < 4.78 is 37.1. The first kappa shape index (κ1) is 15.4. The van der Waals surface area contributed by atoms with Crippen molar-refractivity contribution < 1.29 is 28.0 Å². The van der Waals surface area contributed by atoms with Gasteiger partial charge in [-0.3, -0.25) is 9.59 Å². The van der Waals surface area contributed by atoms with Crippen LogP contribution in [0, 0.1) is 0 Å². The minimum atomic E-state index is -5.08. The highest BCUT2D eigenvalue weighted by Crippen LogP contribution is 2.28. The van der Waals surface area contributed by atoms with Gasteiger partial charge in [0.05, 0.1) is 11.3 Å². The molecule has 0 saturated carbocycles. The Morgan fingerprint density at radius 2 is 1.95 bits per heavy atom. The summed E-state index contributed by atoms with van der Waals surface area (Å²) in [5.41, 5.74) is 0.420. The molecule has 0 aromatic heterocycles. The third-order valence-electron chi connectivity index (χ3n) is 2.00. The Labute approximate surface area is 110 Å². The topological polar surface area (TPSA) is 78.4 Å². The van der Waals surface area contributed by atoms with E-state index >= 15 is 0 Å². The Bertz CT molecular complexity index is 505. The highest BCUT2D eigenvalue weighted by Gasteiger charge is 2.40. The van der Waals surface area contributed by atoms with Crippen LogP contribution in [-0.2, 0) is 4.79 Å². The van der Waals surface area contributed by atoms with Gasteiger partial charge in [0.2, 0.25) is 5.91 Å². The zero-order valence-electron chi connectivity index (χ0n) is 9.21. The normalized spacial score (nSPS) is 11.2. The van der Waals surface area contributed by atoms with Gasteiger partial charge in [0.25, 0.3) is 5.78 Å². The number of benzene rings is 1. The van der Waals surface area contributed by atoms with Crippen LogP contribution < -0.4 is 10.8 Å². The fraction of sp³-hybridized carbons (Fsp3) is 0.200. The molecule has 0 heterocycles. The van der Waals surface area contributed by atoms with Gasteiger partial charge < -0.3 is 10.5 Å². The van der Waals surface area contributed by atoms with Gasteiger partial charge in [0, 0.05) is 5.02 Å². The van der Waals surface area contributed by atoms with Crippen molar-refractivity contribution >= 4 is 29.0 Å². The molecule has 1 rings (SSSR count). The van der Waals surface area contributed by atoms with E-state index < -0.39 is 30.0 Å². The number of carbonyl (C=O) groups is 2. The van der Waals surface area contributed by atoms with E-state index in [0.717, 1.165) is 12.1 Å². The molecule has 0 aliphatic rings. The molecule has 0 fully saturated rings. The van der Waals surface area contributed by atoms with Gasteiger partial charge in [-0.05, 0) is 18.2 Å². The molecule has 1 amide bonds. The molecule has 0 atom stereocenters. The number of amides is 1. The van der Waals surface area contributed by atoms with E-state index in [2.05, 4.69) is 5.32 Å². The number of halogens is 4. The van der Waals surface area contributed by atoms with Crippen LogP contribution in [0.2, 0.25) is 5.02 Å². The molecule has 9 heteroatoms. The van der Waals surface area contributed by atoms with Gasteiger partial charge in [-0.15, -0.1) is 0 Å². The molecular weight excluding hydrogens is 289 g/mol. The van der Waals surface area contributed by atoms with Crippen LogP contribution >= 0.6 is 11.6 Å². The Morgan fingerprint density at radius 1 is 1.32 bits per heavy atom. The van der Waals surface area contributed by atoms with Gasteiger partial charge in [-0.1, -0.05) is 11.6 Å². The number of rotatable bonds is 4. The SMILES string of the molecule is O=C(CNO)Nc1ccc(Cl)cc1C(=O)C(F)(F)F. The van der Waals surface area contributed by atoms with E-state index in [0.29, 0.717) is 0 Å². The van der Waals surface area contributed by atoms with Crippen molar-refractivity contribution in [2.24, 2.45) is 0 Å². The zero-order valence-corrected chi connectivity index (χ0v) is 9.97. The smallest absolute Gasteiger partial charge is 0.324 e. The van der Waals surface area contributed by atoms with Crippen molar-refractivity contribution in [2.45, 2.75) is 6.18 Å². The third-order valence-corrected chi connectivity index (χ3v) is 2.23. The number of ketones is 1. The van der Waals surface area contributed by atoms with E-state index in [4.69, 9.17) is 16.8 Å². The maximum atomic E-state index is 12.4. The van der Waals surface area contributed by atoms with Crippen LogP contribution in [0.25, 0.3) is 0 Å². The first-order chi connectivity index (χ1) is 8.75. The summed E-state index contributed by atoms with van der Waals surface area (Å²) in [7, 11) is 0. The lowest BCUT2D eigenvalue weighted by atomic mass is 10.1. The lowest BCUT2D eigenvalue weighted by Crippen LogP contribution is -2.28. The van der Waals surface area contributed by atoms with Crippen molar-refractivity contribution in [3.8, 4) is 0 Å². The lowest BCUT2D eigenvalue weighted by Gasteiger charge is -2.12. The predicted molar refractivity (Wildman–Crippen MR) is 60.3 cm³/mol. The number of hydrogen-bond acceptors (Lipinski definition) is 4. The van der Waals surface area contributed by atoms with Crippen molar-refractivity contribution in [2.75, 3.05) is 11.9 Å². The lowest BCUT2D eigenvalue weighted by molar-refractivity contribution is -0.116. The molecule has 3 N–H and O–H groups in total. The maximum absolute atomic E-state index is 12.4. The molecule has 0 aliphatic heterocycles. The Hall–Kier alpha value is -1.64. The third kappa shape index (κ3) is 4.19. The van der Waals surface area contributed by atoms with Crippen LogP contribution in [0.15, 0.2) is 18.2 Å². The van der Waals surface area contributed by atoms with Crippen LogP contribution in [0.1, 0.15) is 10.4 Å². The van der Waals surface area contributed by atoms with Gasteiger partial charge in [0.15, 0.2) is 0 Å². The molecule has 104 valence electrons. The van der Waals surface area contributed by atoms with E-state index in [-0.39, 0.29) is 10.7 Å². The van der Waals surface area contributed by atoms with Crippen LogP contribution in [0.3, 0.4) is 0 Å². The van der Waals surface area contributed by atoms with Gasteiger partial charge in [-0.25, -0.2) is 0 Å². The highest BCUT2D eigenvalue weighted by molar-refractivity contribution is 6.31. The Morgan fingerprint density at radius 3 is 2.47 bits per heavy atom. The van der Waals surface area contributed by atoms with Gasteiger partial charge in [0.1, 0.15) is 6.54 Å².